The fourth-order valence-corrected chi connectivity index (χ4v) is 1.82. The van der Waals surface area contributed by atoms with E-state index in [-0.39, 0.29) is 5.84 Å². The van der Waals surface area contributed by atoms with Crippen molar-refractivity contribution in [3.05, 3.63) is 29.5 Å². The molecule has 0 aliphatic rings. The molecule has 2 aromatic heterocycles. The van der Waals surface area contributed by atoms with E-state index in [1.165, 1.54) is 24.2 Å². The second-order valence-electron chi connectivity index (χ2n) is 3.38. The van der Waals surface area contributed by atoms with E-state index < -0.39 is 0 Å². The van der Waals surface area contributed by atoms with Crippen molar-refractivity contribution >= 4 is 17.6 Å². The Morgan fingerprint density at radius 2 is 2.12 bits per heavy atom. The van der Waals surface area contributed by atoms with Gasteiger partial charge in [-0.3, -0.25) is 5.41 Å². The second-order valence-corrected chi connectivity index (χ2v) is 4.35. The molecule has 0 unspecified atom stereocenters. The fourth-order valence-electron chi connectivity index (χ4n) is 1.08. The first-order valence-electron chi connectivity index (χ1n) is 4.84. The molecule has 0 saturated carbocycles. The third kappa shape index (κ3) is 2.62. The van der Waals surface area contributed by atoms with Gasteiger partial charge in [0.15, 0.2) is 0 Å². The first kappa shape index (κ1) is 11.6. The first-order valence-corrected chi connectivity index (χ1v) is 5.66. The summed E-state index contributed by atoms with van der Waals surface area (Å²) in [5, 5.41) is 8.38. The summed E-state index contributed by atoms with van der Waals surface area (Å²) in [6.45, 7) is 3.74. The molecule has 6 nitrogen and oxygen atoms in total. The molecule has 0 atom stereocenters. The Balaban J connectivity index is 2.16. The summed E-state index contributed by atoms with van der Waals surface area (Å²) in [7, 11) is 0. The van der Waals surface area contributed by atoms with Gasteiger partial charge in [-0.15, -0.1) is 0 Å². The zero-order chi connectivity index (χ0) is 12.4. The minimum Gasteiger partial charge on any atom is -0.436 e. The number of nitrogen functional groups attached to an aromatic ring is 1. The van der Waals surface area contributed by atoms with Crippen molar-refractivity contribution in [2.75, 3.05) is 0 Å². The molecule has 3 N–H and O–H groups in total. The van der Waals surface area contributed by atoms with Crippen LogP contribution in [0.1, 0.15) is 17.1 Å². The molecule has 0 fully saturated rings. The largest absolute Gasteiger partial charge is 0.436 e. The fraction of sp³-hybridized carbons (Fsp3) is 0.200. The van der Waals surface area contributed by atoms with Crippen molar-refractivity contribution in [1.29, 1.82) is 5.41 Å². The molecule has 0 saturated heterocycles. The van der Waals surface area contributed by atoms with Crippen molar-refractivity contribution in [2.24, 2.45) is 5.73 Å². The van der Waals surface area contributed by atoms with Crippen LogP contribution in [-0.2, 0) is 0 Å². The molecule has 0 aliphatic heterocycles. The average molecular weight is 249 g/mol. The van der Waals surface area contributed by atoms with Crippen LogP contribution in [0.5, 0.6) is 0 Å². The summed E-state index contributed by atoms with van der Waals surface area (Å²) < 4.78 is 5.41. The lowest BCUT2D eigenvalue weighted by atomic mass is 10.4. The van der Waals surface area contributed by atoms with E-state index in [9.17, 15) is 0 Å². The molecule has 2 rings (SSSR count). The number of aromatic nitrogens is 3. The number of aryl methyl sites for hydroxylation is 2. The van der Waals surface area contributed by atoms with Crippen LogP contribution in [0.4, 0.5) is 0 Å². The Morgan fingerprint density at radius 3 is 2.59 bits per heavy atom. The third-order valence-corrected chi connectivity index (χ3v) is 2.87. The smallest absolute Gasteiger partial charge is 0.262 e. The van der Waals surface area contributed by atoms with Crippen molar-refractivity contribution < 1.29 is 4.42 Å². The SMILES string of the molecule is Cc1nc(Sc2cnc(C(=N)N)cn2)oc1C. The highest BCUT2D eigenvalue weighted by Crippen LogP contribution is 2.26. The van der Waals surface area contributed by atoms with Crippen LogP contribution in [-0.4, -0.2) is 20.8 Å². The van der Waals surface area contributed by atoms with Gasteiger partial charge < -0.3 is 10.2 Å². The van der Waals surface area contributed by atoms with E-state index in [1.54, 1.807) is 0 Å². The van der Waals surface area contributed by atoms with Gasteiger partial charge in [-0.05, 0) is 25.6 Å². The van der Waals surface area contributed by atoms with E-state index in [0.717, 1.165) is 11.5 Å². The van der Waals surface area contributed by atoms with Crippen molar-refractivity contribution in [3.63, 3.8) is 0 Å². The third-order valence-electron chi connectivity index (χ3n) is 2.10. The minimum absolute atomic E-state index is 0.100. The maximum Gasteiger partial charge on any atom is 0.262 e. The van der Waals surface area contributed by atoms with Crippen molar-refractivity contribution in [3.8, 4) is 0 Å². The van der Waals surface area contributed by atoms with Gasteiger partial charge in [0, 0.05) is 0 Å². The number of nitrogens with two attached hydrogens (primary N) is 1. The molecule has 0 spiro atoms. The number of nitrogens with zero attached hydrogens (tertiary/aromatic N) is 3. The summed E-state index contributed by atoms with van der Waals surface area (Å²) in [6.07, 6.45) is 2.99. The Labute approximate surface area is 102 Å². The zero-order valence-electron chi connectivity index (χ0n) is 9.39. The molecule has 7 heteroatoms. The molecular weight excluding hydrogens is 238 g/mol. The van der Waals surface area contributed by atoms with E-state index in [1.807, 2.05) is 13.8 Å². The van der Waals surface area contributed by atoms with Crippen molar-refractivity contribution in [2.45, 2.75) is 24.1 Å². The topological polar surface area (TPSA) is 102 Å². The molecule has 0 aliphatic carbocycles. The minimum atomic E-state index is -0.100. The summed E-state index contributed by atoms with van der Waals surface area (Å²) in [4.78, 5) is 12.3. The van der Waals surface area contributed by atoms with E-state index >= 15 is 0 Å². The maximum absolute atomic E-state index is 7.20. The first-order chi connectivity index (χ1) is 8.06. The monoisotopic (exact) mass is 249 g/mol. The Morgan fingerprint density at radius 1 is 1.35 bits per heavy atom. The van der Waals surface area contributed by atoms with Gasteiger partial charge in [0.1, 0.15) is 22.3 Å². The van der Waals surface area contributed by atoms with Gasteiger partial charge in [-0.2, -0.15) is 0 Å². The molecule has 2 heterocycles. The van der Waals surface area contributed by atoms with Gasteiger partial charge in [-0.1, -0.05) is 0 Å². The lowest BCUT2D eigenvalue weighted by molar-refractivity contribution is 0.431. The predicted octanol–water partition coefficient (Wildman–Crippen LogP) is 1.52. The molecule has 0 radical (unpaired) electrons. The average Bonchev–Trinajstić information content (AvgIpc) is 2.58. The zero-order valence-corrected chi connectivity index (χ0v) is 10.2. The number of amidine groups is 1. The highest BCUT2D eigenvalue weighted by molar-refractivity contribution is 7.99. The summed E-state index contributed by atoms with van der Waals surface area (Å²) in [5.41, 5.74) is 6.50. The van der Waals surface area contributed by atoms with E-state index in [4.69, 9.17) is 15.6 Å². The summed E-state index contributed by atoms with van der Waals surface area (Å²) in [6, 6.07) is 0. The molecule has 88 valence electrons. The van der Waals surface area contributed by atoms with Gasteiger partial charge in [0.2, 0.25) is 0 Å². The Bertz CT molecular complexity index is 529. The normalized spacial score (nSPS) is 10.5. The van der Waals surface area contributed by atoms with Crippen LogP contribution in [0.2, 0.25) is 0 Å². The standard InChI is InChI=1S/C10H11N5OS/c1-5-6(2)16-10(15-5)17-8-4-13-7(3-14-8)9(11)12/h3-4H,1-2H3,(H3,11,12). The van der Waals surface area contributed by atoms with Crippen LogP contribution in [0.3, 0.4) is 0 Å². The van der Waals surface area contributed by atoms with Crippen LogP contribution < -0.4 is 5.73 Å². The molecule has 17 heavy (non-hydrogen) atoms. The highest BCUT2D eigenvalue weighted by Gasteiger charge is 2.09. The summed E-state index contributed by atoms with van der Waals surface area (Å²) in [5.74, 6) is 0.692. The predicted molar refractivity (Wildman–Crippen MR) is 63.1 cm³/mol. The van der Waals surface area contributed by atoms with Gasteiger partial charge in [0.05, 0.1) is 18.1 Å². The van der Waals surface area contributed by atoms with Gasteiger partial charge >= 0.3 is 0 Å². The quantitative estimate of drug-likeness (QED) is 0.631. The van der Waals surface area contributed by atoms with Gasteiger partial charge in [0.25, 0.3) is 5.22 Å². The number of hydrogen-bond acceptors (Lipinski definition) is 6. The summed E-state index contributed by atoms with van der Waals surface area (Å²) >= 11 is 1.28. The van der Waals surface area contributed by atoms with Crippen LogP contribution in [0.15, 0.2) is 27.1 Å². The highest BCUT2D eigenvalue weighted by atomic mass is 32.2. The van der Waals surface area contributed by atoms with E-state index in [2.05, 4.69) is 15.0 Å². The number of oxazole rings is 1. The maximum atomic E-state index is 7.20. The van der Waals surface area contributed by atoms with Gasteiger partial charge in [-0.25, -0.2) is 15.0 Å². The van der Waals surface area contributed by atoms with Crippen LogP contribution in [0.25, 0.3) is 0 Å². The van der Waals surface area contributed by atoms with E-state index in [0.29, 0.717) is 15.9 Å². The second kappa shape index (κ2) is 4.54. The Hall–Kier alpha value is -1.89. The molecule has 0 aromatic carbocycles. The molecule has 0 bridgehead atoms. The number of hydrogen-bond donors (Lipinski definition) is 2. The van der Waals surface area contributed by atoms with Crippen LogP contribution in [0, 0.1) is 19.3 Å². The molecule has 0 amide bonds. The van der Waals surface area contributed by atoms with Crippen LogP contribution >= 0.6 is 11.8 Å². The lowest BCUT2D eigenvalue weighted by Gasteiger charge is -1.98. The lowest BCUT2D eigenvalue weighted by Crippen LogP contribution is -2.13. The Kier molecular flexibility index (Phi) is 3.10. The number of rotatable bonds is 3. The van der Waals surface area contributed by atoms with Crippen molar-refractivity contribution in [1.82, 2.24) is 15.0 Å². The number of nitrogens with one attached hydrogen (secondary N) is 1. The molecule has 2 aromatic rings. The molecular formula is C10H11N5OS.